The summed E-state index contributed by atoms with van der Waals surface area (Å²) in [5.74, 6) is -0.0497. The van der Waals surface area contributed by atoms with Crippen molar-refractivity contribution in [2.45, 2.75) is 64.6 Å². The molecule has 236 valence electrons. The molecule has 45 heavy (non-hydrogen) atoms. The van der Waals surface area contributed by atoms with Gasteiger partial charge < -0.3 is 25.0 Å². The molecule has 1 saturated heterocycles. The third-order valence-corrected chi connectivity index (χ3v) is 8.85. The Bertz CT molecular complexity index is 1540. The fraction of sp³-hybridized carbons (Fsp3) is 0.342. The lowest BCUT2D eigenvalue weighted by Crippen LogP contribution is -2.46. The van der Waals surface area contributed by atoms with Gasteiger partial charge in [0.2, 0.25) is 5.91 Å². The van der Waals surface area contributed by atoms with Crippen LogP contribution in [-0.2, 0) is 27.4 Å². The van der Waals surface area contributed by atoms with Gasteiger partial charge in [-0.2, -0.15) is 0 Å². The molecule has 0 radical (unpaired) electrons. The fourth-order valence-corrected chi connectivity index (χ4v) is 5.90. The number of rotatable bonds is 11. The predicted octanol–water partition coefficient (Wildman–Crippen LogP) is 6.33. The molecule has 4 aromatic rings. The first-order valence-corrected chi connectivity index (χ1v) is 15.6. The molecule has 3 N–H and O–H groups in total. The third-order valence-electron chi connectivity index (χ3n) is 8.85. The van der Waals surface area contributed by atoms with E-state index in [0.717, 1.165) is 38.9 Å². The summed E-state index contributed by atoms with van der Waals surface area (Å²) in [5.41, 5.74) is 6.76. The molecule has 0 aliphatic carbocycles. The van der Waals surface area contributed by atoms with Gasteiger partial charge in [-0.15, -0.1) is 0 Å². The van der Waals surface area contributed by atoms with E-state index < -0.39 is 12.4 Å². The van der Waals surface area contributed by atoms with Crippen LogP contribution in [0.5, 0.6) is 0 Å². The maximum absolute atomic E-state index is 11.4. The van der Waals surface area contributed by atoms with Crippen LogP contribution in [0.1, 0.15) is 67.1 Å². The summed E-state index contributed by atoms with van der Waals surface area (Å²) in [5, 5.41) is 23.6. The molecule has 5 rings (SSSR count). The Hall–Kier alpha value is -3.85. The molecule has 0 aromatic heterocycles. The quantitative estimate of drug-likeness (QED) is 0.184. The Labute approximate surface area is 266 Å². The van der Waals surface area contributed by atoms with Gasteiger partial charge in [-0.05, 0) is 59.5 Å². The minimum absolute atomic E-state index is 0.0124. The van der Waals surface area contributed by atoms with Gasteiger partial charge in [-0.1, -0.05) is 97.9 Å². The van der Waals surface area contributed by atoms with Crippen LogP contribution in [0.25, 0.3) is 11.1 Å². The molecule has 1 aliphatic heterocycles. The van der Waals surface area contributed by atoms with E-state index in [1.165, 1.54) is 6.92 Å². The van der Waals surface area contributed by atoms with Gasteiger partial charge in [0.15, 0.2) is 6.29 Å². The van der Waals surface area contributed by atoms with E-state index >= 15 is 0 Å². The van der Waals surface area contributed by atoms with Crippen LogP contribution in [-0.4, -0.2) is 46.8 Å². The Kier molecular flexibility index (Phi) is 10.8. The highest BCUT2D eigenvalue weighted by Gasteiger charge is 2.39. The third kappa shape index (κ3) is 8.06. The molecule has 0 spiro atoms. The van der Waals surface area contributed by atoms with Crippen LogP contribution < -0.4 is 5.32 Å². The first-order chi connectivity index (χ1) is 21.7. The van der Waals surface area contributed by atoms with Crippen molar-refractivity contribution in [1.29, 1.82) is 0 Å². The molecule has 1 amide bonds. The molecular formula is C38H44N2O5. The lowest BCUT2D eigenvalue weighted by molar-refractivity contribution is -0.276. The monoisotopic (exact) mass is 608 g/mol. The summed E-state index contributed by atoms with van der Waals surface area (Å²) in [7, 11) is 2.02. The van der Waals surface area contributed by atoms with Crippen LogP contribution in [0.2, 0.25) is 0 Å². The number of nitrogens with zero attached hydrogens (tertiary/aromatic N) is 1. The van der Waals surface area contributed by atoms with E-state index in [4.69, 9.17) is 9.47 Å². The number of ether oxygens (including phenoxy) is 2. The first-order valence-electron chi connectivity index (χ1n) is 15.6. The summed E-state index contributed by atoms with van der Waals surface area (Å²) in [6, 6.07) is 33.9. The van der Waals surface area contributed by atoms with Crippen LogP contribution in [0.15, 0.2) is 103 Å². The molecular weight excluding hydrogens is 564 g/mol. The smallest absolute Gasteiger partial charge is 0.217 e. The zero-order valence-corrected chi connectivity index (χ0v) is 26.5. The Balaban J connectivity index is 1.41. The summed E-state index contributed by atoms with van der Waals surface area (Å²) in [6.07, 6.45) is -1.68. The molecule has 4 aromatic carbocycles. The number of amides is 1. The van der Waals surface area contributed by atoms with Crippen molar-refractivity contribution in [3.05, 3.63) is 131 Å². The van der Waals surface area contributed by atoms with E-state index in [9.17, 15) is 15.0 Å². The lowest BCUT2D eigenvalue weighted by Gasteiger charge is -2.43. The number of likely N-dealkylation sites (N-methyl/N-ethyl adjacent to an activating group) is 1. The van der Waals surface area contributed by atoms with Gasteiger partial charge in [-0.3, -0.25) is 9.69 Å². The summed E-state index contributed by atoms with van der Waals surface area (Å²) in [6.45, 7) is 6.76. The minimum Gasteiger partial charge on any atom is -0.392 e. The highest BCUT2D eigenvalue weighted by atomic mass is 16.7. The average molecular weight is 609 g/mol. The topological polar surface area (TPSA) is 91.3 Å². The maximum atomic E-state index is 11.4. The number of benzene rings is 4. The van der Waals surface area contributed by atoms with Crippen LogP contribution in [0.3, 0.4) is 0 Å². The average Bonchev–Trinajstić information content (AvgIpc) is 3.08. The van der Waals surface area contributed by atoms with E-state index in [2.05, 4.69) is 41.4 Å². The molecule has 7 heteroatoms. The minimum atomic E-state index is -0.637. The van der Waals surface area contributed by atoms with Crippen molar-refractivity contribution in [3.8, 4) is 11.1 Å². The summed E-state index contributed by atoms with van der Waals surface area (Å²) >= 11 is 0. The normalized spacial score (nSPS) is 21.3. The zero-order chi connectivity index (χ0) is 31.9. The summed E-state index contributed by atoms with van der Waals surface area (Å²) < 4.78 is 13.4. The molecule has 1 aliphatic rings. The van der Waals surface area contributed by atoms with Crippen molar-refractivity contribution < 1.29 is 24.5 Å². The number of hydrogen-bond acceptors (Lipinski definition) is 6. The zero-order valence-electron chi connectivity index (χ0n) is 26.5. The molecule has 0 bridgehead atoms. The summed E-state index contributed by atoms with van der Waals surface area (Å²) in [4.78, 5) is 13.6. The Morgan fingerprint density at radius 1 is 0.867 bits per heavy atom. The van der Waals surface area contributed by atoms with Crippen molar-refractivity contribution in [2.24, 2.45) is 5.92 Å². The maximum Gasteiger partial charge on any atom is 0.217 e. The second-order valence-electron chi connectivity index (χ2n) is 12.1. The number of aliphatic hydroxyl groups excluding tert-OH is 2. The van der Waals surface area contributed by atoms with Gasteiger partial charge in [0.25, 0.3) is 0 Å². The SMILES string of the molecule is CC(=O)NCc1cccc(-c2cccc([C@H]3O[C@@H](CN(C)[C@@H](C)[C@H](O)c4ccccc4)[C@@H](C)[C@@H](c4ccc(CO)cc4)O3)c2)c1. The Morgan fingerprint density at radius 3 is 2.24 bits per heavy atom. The predicted molar refractivity (Wildman–Crippen MR) is 176 cm³/mol. The van der Waals surface area contributed by atoms with Crippen LogP contribution >= 0.6 is 0 Å². The van der Waals surface area contributed by atoms with Crippen molar-refractivity contribution in [1.82, 2.24) is 10.2 Å². The second kappa shape index (κ2) is 15.0. The van der Waals surface area contributed by atoms with E-state index in [1.807, 2.05) is 92.8 Å². The Morgan fingerprint density at radius 2 is 1.56 bits per heavy atom. The number of carbonyl (C=O) groups is 1. The van der Waals surface area contributed by atoms with Gasteiger partial charge in [0, 0.05) is 37.5 Å². The largest absolute Gasteiger partial charge is 0.392 e. The van der Waals surface area contributed by atoms with Crippen LogP contribution in [0, 0.1) is 5.92 Å². The van der Waals surface area contributed by atoms with Crippen molar-refractivity contribution >= 4 is 5.91 Å². The highest BCUT2D eigenvalue weighted by Crippen LogP contribution is 2.42. The number of carbonyl (C=O) groups excluding carboxylic acids is 1. The highest BCUT2D eigenvalue weighted by molar-refractivity contribution is 5.73. The van der Waals surface area contributed by atoms with Crippen molar-refractivity contribution in [3.63, 3.8) is 0 Å². The molecule has 7 nitrogen and oxygen atoms in total. The van der Waals surface area contributed by atoms with Gasteiger partial charge in [0.1, 0.15) is 0 Å². The molecule has 0 saturated carbocycles. The fourth-order valence-electron chi connectivity index (χ4n) is 5.90. The van der Waals surface area contributed by atoms with E-state index in [0.29, 0.717) is 13.1 Å². The van der Waals surface area contributed by atoms with Crippen LogP contribution in [0.4, 0.5) is 0 Å². The lowest BCUT2D eigenvalue weighted by atomic mass is 9.89. The van der Waals surface area contributed by atoms with E-state index in [1.54, 1.807) is 0 Å². The second-order valence-corrected chi connectivity index (χ2v) is 12.1. The standard InChI is InChI=1S/C38H44N2O5/c1-25-35(23-40(4)26(2)36(43)30-11-6-5-7-12-30)44-38(45-37(25)31-18-16-28(24-41)17-19-31)34-15-9-14-33(21-34)32-13-8-10-29(20-32)22-39-27(3)42/h5-21,25-26,35-38,41,43H,22-24H2,1-4H3,(H,39,42)/t25-,26+,35+,36+,37+,38+/m1/s1. The van der Waals surface area contributed by atoms with Gasteiger partial charge in [0.05, 0.1) is 24.9 Å². The van der Waals surface area contributed by atoms with Crippen molar-refractivity contribution in [2.75, 3.05) is 13.6 Å². The first kappa shape index (κ1) is 32.5. The number of aliphatic hydroxyl groups is 2. The molecule has 0 unspecified atom stereocenters. The van der Waals surface area contributed by atoms with Gasteiger partial charge >= 0.3 is 0 Å². The molecule has 1 fully saturated rings. The number of nitrogens with one attached hydrogen (secondary N) is 1. The van der Waals surface area contributed by atoms with Gasteiger partial charge in [-0.25, -0.2) is 0 Å². The molecule has 1 heterocycles. The number of hydrogen-bond donors (Lipinski definition) is 3. The molecule has 6 atom stereocenters. The van der Waals surface area contributed by atoms with E-state index in [-0.39, 0.29) is 36.7 Å².